The van der Waals surface area contributed by atoms with Gasteiger partial charge in [-0.05, 0) is 67.6 Å². The number of para-hydroxylation sites is 2. The first-order valence-electron chi connectivity index (χ1n) is 12.8. The minimum absolute atomic E-state index is 0.0542. The van der Waals surface area contributed by atoms with Gasteiger partial charge in [-0.2, -0.15) is 0 Å². The molecule has 0 fully saturated rings. The molecule has 3 N–H and O–H groups in total. The molecule has 0 aliphatic carbocycles. The van der Waals surface area contributed by atoms with Crippen LogP contribution in [-0.2, 0) is 9.59 Å². The second-order valence-corrected chi connectivity index (χ2v) is 11.2. The average Bonchev–Trinajstić information content (AvgIpc) is 2.99. The Balaban J connectivity index is 1.51. The molecular formula is C32H27Cl2N3O4S. The molecule has 7 nitrogen and oxygen atoms in total. The van der Waals surface area contributed by atoms with Crippen molar-refractivity contribution in [1.29, 1.82) is 0 Å². The van der Waals surface area contributed by atoms with Gasteiger partial charge < -0.3 is 20.7 Å². The Kier molecular flexibility index (Phi) is 10.7. The molecule has 3 amide bonds. The Morgan fingerprint density at radius 3 is 2.21 bits per heavy atom. The molecule has 0 aliphatic heterocycles. The van der Waals surface area contributed by atoms with Crippen LogP contribution in [0, 0.1) is 0 Å². The van der Waals surface area contributed by atoms with Crippen LogP contribution in [0.3, 0.4) is 0 Å². The summed E-state index contributed by atoms with van der Waals surface area (Å²) in [6.45, 7) is 1.79. The third-order valence-electron chi connectivity index (χ3n) is 5.96. The van der Waals surface area contributed by atoms with Crippen LogP contribution in [0.15, 0.2) is 108 Å². The second kappa shape index (κ2) is 14.6. The molecule has 42 heavy (non-hydrogen) atoms. The molecule has 0 aromatic heterocycles. The monoisotopic (exact) mass is 619 g/mol. The van der Waals surface area contributed by atoms with Crippen molar-refractivity contribution in [1.82, 2.24) is 5.32 Å². The van der Waals surface area contributed by atoms with Gasteiger partial charge in [0.25, 0.3) is 11.8 Å². The lowest BCUT2D eigenvalue weighted by Gasteiger charge is -2.15. The van der Waals surface area contributed by atoms with Gasteiger partial charge in [-0.3, -0.25) is 14.4 Å². The number of halogens is 2. The van der Waals surface area contributed by atoms with E-state index in [0.29, 0.717) is 38.3 Å². The van der Waals surface area contributed by atoms with E-state index >= 15 is 0 Å². The van der Waals surface area contributed by atoms with Gasteiger partial charge in [0.2, 0.25) is 5.91 Å². The summed E-state index contributed by atoms with van der Waals surface area (Å²) < 4.78 is 5.31. The SMILES string of the molecule is COc1ccccc1NC(=O)C(C)Sc1cccc(NC(=O)/C(=C\c2c(Cl)cccc2Cl)NC(=O)c2ccccc2)c1. The first kappa shape index (κ1) is 30.7. The van der Waals surface area contributed by atoms with E-state index in [2.05, 4.69) is 16.0 Å². The molecule has 214 valence electrons. The van der Waals surface area contributed by atoms with E-state index < -0.39 is 17.1 Å². The maximum atomic E-state index is 13.4. The highest BCUT2D eigenvalue weighted by Gasteiger charge is 2.19. The fourth-order valence-corrected chi connectivity index (χ4v) is 5.25. The molecule has 0 heterocycles. The van der Waals surface area contributed by atoms with E-state index in [1.807, 2.05) is 18.2 Å². The highest BCUT2D eigenvalue weighted by Crippen LogP contribution is 2.30. The number of methoxy groups -OCH3 is 1. The van der Waals surface area contributed by atoms with Crippen molar-refractivity contribution < 1.29 is 19.1 Å². The number of nitrogens with one attached hydrogen (secondary N) is 3. The van der Waals surface area contributed by atoms with E-state index in [1.165, 1.54) is 17.8 Å². The maximum Gasteiger partial charge on any atom is 0.272 e. The molecule has 4 rings (SSSR count). The highest BCUT2D eigenvalue weighted by molar-refractivity contribution is 8.00. The average molecular weight is 621 g/mol. The first-order valence-corrected chi connectivity index (χ1v) is 14.4. The predicted octanol–water partition coefficient (Wildman–Crippen LogP) is 7.53. The smallest absolute Gasteiger partial charge is 0.272 e. The van der Waals surface area contributed by atoms with E-state index in [1.54, 1.807) is 92.9 Å². The van der Waals surface area contributed by atoms with Crippen LogP contribution in [0.5, 0.6) is 5.75 Å². The van der Waals surface area contributed by atoms with E-state index in [0.717, 1.165) is 4.90 Å². The van der Waals surface area contributed by atoms with Gasteiger partial charge in [0.1, 0.15) is 11.4 Å². The largest absolute Gasteiger partial charge is 0.495 e. The van der Waals surface area contributed by atoms with Crippen molar-refractivity contribution >= 4 is 70.1 Å². The summed E-state index contributed by atoms with van der Waals surface area (Å²) >= 11 is 14.0. The second-order valence-electron chi connectivity index (χ2n) is 8.95. The summed E-state index contributed by atoms with van der Waals surface area (Å²) in [5, 5.41) is 8.56. The molecule has 1 unspecified atom stereocenters. The highest BCUT2D eigenvalue weighted by atomic mass is 35.5. The van der Waals surface area contributed by atoms with Crippen LogP contribution in [0.4, 0.5) is 11.4 Å². The molecule has 0 saturated carbocycles. The lowest BCUT2D eigenvalue weighted by molar-refractivity contribution is -0.115. The molecule has 0 spiro atoms. The number of anilines is 2. The molecule has 1 atom stereocenters. The van der Waals surface area contributed by atoms with Gasteiger partial charge in [-0.25, -0.2) is 0 Å². The zero-order chi connectivity index (χ0) is 30.1. The Labute approximate surface area is 258 Å². The Morgan fingerprint density at radius 1 is 0.833 bits per heavy atom. The van der Waals surface area contributed by atoms with Crippen molar-refractivity contribution in [2.45, 2.75) is 17.1 Å². The Morgan fingerprint density at radius 2 is 1.50 bits per heavy atom. The van der Waals surface area contributed by atoms with Crippen LogP contribution in [-0.4, -0.2) is 30.1 Å². The van der Waals surface area contributed by atoms with Crippen molar-refractivity contribution in [3.8, 4) is 5.75 Å². The summed E-state index contributed by atoms with van der Waals surface area (Å²) in [6, 6.07) is 27.7. The minimum atomic E-state index is -0.584. The molecule has 4 aromatic carbocycles. The molecule has 4 aromatic rings. The lowest BCUT2D eigenvalue weighted by atomic mass is 10.1. The number of carbonyl (C=O) groups is 3. The predicted molar refractivity (Wildman–Crippen MR) is 170 cm³/mol. The van der Waals surface area contributed by atoms with E-state index in [4.69, 9.17) is 27.9 Å². The van der Waals surface area contributed by atoms with Gasteiger partial charge in [0.15, 0.2) is 0 Å². The summed E-state index contributed by atoms with van der Waals surface area (Å²) in [7, 11) is 1.54. The number of benzene rings is 4. The third kappa shape index (κ3) is 8.16. The molecule has 0 bridgehead atoms. The molecular weight excluding hydrogens is 593 g/mol. The maximum absolute atomic E-state index is 13.4. The standard InChI is InChI=1S/C32H27Cl2N3O4S/c1-20(30(38)36-27-16-6-7-17-29(27)41-2)42-23-13-8-12-22(18-23)35-32(40)28(19-24-25(33)14-9-15-26(24)34)37-31(39)21-10-4-3-5-11-21/h3-20H,1-2H3,(H,35,40)(H,36,38)(H,37,39)/b28-19+. The summed E-state index contributed by atoms with van der Waals surface area (Å²) in [5.74, 6) is -0.697. The quantitative estimate of drug-likeness (QED) is 0.126. The van der Waals surface area contributed by atoms with Gasteiger partial charge in [-0.1, -0.05) is 65.7 Å². The molecule has 0 radical (unpaired) electrons. The number of amides is 3. The van der Waals surface area contributed by atoms with Gasteiger partial charge in [0.05, 0.1) is 18.0 Å². The van der Waals surface area contributed by atoms with Gasteiger partial charge >= 0.3 is 0 Å². The number of ether oxygens (including phenoxy) is 1. The number of rotatable bonds is 10. The fraction of sp³-hybridized carbons (Fsp3) is 0.0938. The van der Waals surface area contributed by atoms with Gasteiger partial charge in [-0.15, -0.1) is 11.8 Å². The number of thioether (sulfide) groups is 1. The van der Waals surface area contributed by atoms with E-state index in [-0.39, 0.29) is 11.6 Å². The Bertz CT molecular complexity index is 1610. The molecule has 0 saturated heterocycles. The van der Waals surface area contributed by atoms with Crippen molar-refractivity contribution in [3.05, 3.63) is 124 Å². The van der Waals surface area contributed by atoms with Crippen LogP contribution < -0.4 is 20.7 Å². The van der Waals surface area contributed by atoms with Crippen molar-refractivity contribution in [2.24, 2.45) is 0 Å². The normalized spacial score (nSPS) is 11.8. The third-order valence-corrected chi connectivity index (χ3v) is 7.71. The summed E-state index contributed by atoms with van der Waals surface area (Å²) in [4.78, 5) is 40.0. The summed E-state index contributed by atoms with van der Waals surface area (Å²) in [6.07, 6.45) is 1.43. The molecule has 10 heteroatoms. The number of hydrogen-bond donors (Lipinski definition) is 3. The van der Waals surface area contributed by atoms with Crippen LogP contribution >= 0.6 is 35.0 Å². The minimum Gasteiger partial charge on any atom is -0.495 e. The zero-order valence-corrected chi connectivity index (χ0v) is 25.0. The van der Waals surface area contributed by atoms with Gasteiger partial charge in [0, 0.05) is 31.8 Å². The van der Waals surface area contributed by atoms with Crippen molar-refractivity contribution in [3.63, 3.8) is 0 Å². The van der Waals surface area contributed by atoms with Crippen LogP contribution in [0.1, 0.15) is 22.8 Å². The Hall–Kier alpha value is -4.24. The van der Waals surface area contributed by atoms with Crippen LogP contribution in [0.25, 0.3) is 6.08 Å². The number of carbonyl (C=O) groups excluding carboxylic acids is 3. The van der Waals surface area contributed by atoms with Crippen LogP contribution in [0.2, 0.25) is 10.0 Å². The number of hydrogen-bond acceptors (Lipinski definition) is 5. The van der Waals surface area contributed by atoms with Crippen molar-refractivity contribution in [2.75, 3.05) is 17.7 Å². The topological polar surface area (TPSA) is 96.5 Å². The molecule has 0 aliphatic rings. The fourth-order valence-electron chi connectivity index (χ4n) is 3.82. The lowest BCUT2D eigenvalue weighted by Crippen LogP contribution is -2.30. The van der Waals surface area contributed by atoms with E-state index in [9.17, 15) is 14.4 Å². The summed E-state index contributed by atoms with van der Waals surface area (Å²) in [5.41, 5.74) is 1.75. The first-order chi connectivity index (χ1) is 20.2. The zero-order valence-electron chi connectivity index (χ0n) is 22.7.